The number of aliphatic hydroxyl groups is 1. The van der Waals surface area contributed by atoms with Gasteiger partial charge in [0.25, 0.3) is 5.89 Å². The summed E-state index contributed by atoms with van der Waals surface area (Å²) in [6.07, 6.45) is 0. The Kier molecular flexibility index (Phi) is 3.52. The molecule has 1 aromatic heterocycles. The minimum atomic E-state index is -0.621. The highest BCUT2D eigenvalue weighted by atomic mass is 79.9. The van der Waals surface area contributed by atoms with Gasteiger partial charge in [-0.15, -0.1) is 0 Å². The summed E-state index contributed by atoms with van der Waals surface area (Å²) in [4.78, 5) is 4.20. The first kappa shape index (κ1) is 13.2. The molecule has 0 radical (unpaired) electrons. The van der Waals surface area contributed by atoms with Crippen LogP contribution >= 0.6 is 15.9 Å². The summed E-state index contributed by atoms with van der Waals surface area (Å²) in [5.41, 5.74) is 6.48. The molecule has 1 atom stereocenters. The van der Waals surface area contributed by atoms with Crippen LogP contribution in [0.25, 0.3) is 22.2 Å². The lowest BCUT2D eigenvalue weighted by Crippen LogP contribution is -2.15. The topological polar surface area (TPSA) is 85.2 Å². The van der Waals surface area contributed by atoms with E-state index in [1.54, 1.807) is 0 Å². The summed E-state index contributed by atoms with van der Waals surface area (Å²) >= 11 is 3.44. The lowest BCUT2D eigenvalue weighted by atomic mass is 10.1. The van der Waals surface area contributed by atoms with Gasteiger partial charge in [0.1, 0.15) is 0 Å². The van der Waals surface area contributed by atoms with E-state index in [0.29, 0.717) is 11.7 Å². The second kappa shape index (κ2) is 5.32. The van der Waals surface area contributed by atoms with Gasteiger partial charge in [-0.2, -0.15) is 4.98 Å². The standard InChI is InChI=1S/C14H12BrN3O2/c15-11-4-3-8-5-10(2-1-9(8)6-11)14-17-13(18-20-14)12(16)7-19/h1-6,12,19H,7,16H2. The Morgan fingerprint density at radius 1 is 1.20 bits per heavy atom. The fourth-order valence-electron chi connectivity index (χ4n) is 1.93. The largest absolute Gasteiger partial charge is 0.394 e. The van der Waals surface area contributed by atoms with E-state index in [4.69, 9.17) is 15.4 Å². The number of hydrogen-bond acceptors (Lipinski definition) is 5. The highest BCUT2D eigenvalue weighted by molar-refractivity contribution is 9.10. The van der Waals surface area contributed by atoms with Gasteiger partial charge in [0.2, 0.25) is 0 Å². The Morgan fingerprint density at radius 3 is 2.75 bits per heavy atom. The van der Waals surface area contributed by atoms with Crippen molar-refractivity contribution >= 4 is 26.7 Å². The lowest BCUT2D eigenvalue weighted by molar-refractivity contribution is 0.260. The molecule has 0 aliphatic heterocycles. The van der Waals surface area contributed by atoms with Gasteiger partial charge in [-0.3, -0.25) is 0 Å². The summed E-state index contributed by atoms with van der Waals surface area (Å²) in [5, 5.41) is 15.0. The highest BCUT2D eigenvalue weighted by Crippen LogP contribution is 2.26. The van der Waals surface area contributed by atoms with Crippen molar-refractivity contribution in [2.45, 2.75) is 6.04 Å². The SMILES string of the molecule is NC(CO)c1noc(-c2ccc3cc(Br)ccc3c2)n1. The van der Waals surface area contributed by atoms with Gasteiger partial charge in [-0.1, -0.05) is 33.2 Å². The number of aliphatic hydroxyl groups excluding tert-OH is 1. The second-order valence-electron chi connectivity index (χ2n) is 4.45. The summed E-state index contributed by atoms with van der Waals surface area (Å²) in [6, 6.07) is 11.3. The molecule has 0 spiro atoms. The predicted octanol–water partition coefficient (Wildman–Crippen LogP) is 2.64. The molecule has 0 aliphatic carbocycles. The van der Waals surface area contributed by atoms with Crippen LogP contribution in [0.3, 0.4) is 0 Å². The number of rotatable bonds is 3. The third-order valence-corrected chi connectivity index (χ3v) is 3.51. The maximum absolute atomic E-state index is 8.98. The van der Waals surface area contributed by atoms with Crippen LogP contribution in [-0.2, 0) is 0 Å². The van der Waals surface area contributed by atoms with E-state index in [-0.39, 0.29) is 6.61 Å². The van der Waals surface area contributed by atoms with E-state index in [1.807, 2.05) is 36.4 Å². The molecular weight excluding hydrogens is 322 g/mol. The van der Waals surface area contributed by atoms with Crippen LogP contribution < -0.4 is 5.73 Å². The zero-order chi connectivity index (χ0) is 14.1. The van der Waals surface area contributed by atoms with Crippen molar-refractivity contribution in [3.63, 3.8) is 0 Å². The van der Waals surface area contributed by atoms with E-state index < -0.39 is 6.04 Å². The molecule has 3 N–H and O–H groups in total. The Morgan fingerprint density at radius 2 is 1.95 bits per heavy atom. The van der Waals surface area contributed by atoms with E-state index in [0.717, 1.165) is 20.8 Å². The quantitative estimate of drug-likeness (QED) is 0.769. The Bertz CT molecular complexity index is 757. The molecule has 5 nitrogen and oxygen atoms in total. The molecule has 0 bridgehead atoms. The van der Waals surface area contributed by atoms with Gasteiger partial charge in [0.15, 0.2) is 5.82 Å². The third-order valence-electron chi connectivity index (χ3n) is 3.02. The van der Waals surface area contributed by atoms with Gasteiger partial charge >= 0.3 is 0 Å². The zero-order valence-corrected chi connectivity index (χ0v) is 12.0. The van der Waals surface area contributed by atoms with Crippen LogP contribution in [0.15, 0.2) is 45.4 Å². The Hall–Kier alpha value is -1.76. The van der Waals surface area contributed by atoms with E-state index >= 15 is 0 Å². The smallest absolute Gasteiger partial charge is 0.258 e. The molecule has 0 aliphatic rings. The lowest BCUT2D eigenvalue weighted by Gasteiger charge is -2.01. The molecule has 3 aromatic rings. The average molecular weight is 334 g/mol. The van der Waals surface area contributed by atoms with Gasteiger partial charge in [-0.25, -0.2) is 0 Å². The van der Waals surface area contributed by atoms with Gasteiger partial charge in [0, 0.05) is 10.0 Å². The zero-order valence-electron chi connectivity index (χ0n) is 10.5. The highest BCUT2D eigenvalue weighted by Gasteiger charge is 2.14. The minimum Gasteiger partial charge on any atom is -0.394 e. The molecule has 0 saturated heterocycles. The molecule has 1 heterocycles. The molecule has 2 aromatic carbocycles. The molecule has 1 unspecified atom stereocenters. The number of aromatic nitrogens is 2. The maximum Gasteiger partial charge on any atom is 0.258 e. The fourth-order valence-corrected chi connectivity index (χ4v) is 2.31. The summed E-state index contributed by atoms with van der Waals surface area (Å²) < 4.78 is 6.22. The first-order valence-electron chi connectivity index (χ1n) is 6.07. The van der Waals surface area contributed by atoms with Crippen molar-refractivity contribution in [1.82, 2.24) is 10.1 Å². The first-order valence-corrected chi connectivity index (χ1v) is 6.86. The number of nitrogens with zero attached hydrogens (tertiary/aromatic N) is 2. The Balaban J connectivity index is 2.01. The summed E-state index contributed by atoms with van der Waals surface area (Å²) in [6.45, 7) is -0.218. The summed E-state index contributed by atoms with van der Waals surface area (Å²) in [7, 11) is 0. The van der Waals surface area contributed by atoms with Gasteiger partial charge < -0.3 is 15.4 Å². The van der Waals surface area contributed by atoms with Gasteiger partial charge in [0.05, 0.1) is 12.6 Å². The van der Waals surface area contributed by atoms with E-state index in [2.05, 4.69) is 26.1 Å². The van der Waals surface area contributed by atoms with Crippen molar-refractivity contribution in [2.24, 2.45) is 5.73 Å². The molecule has 20 heavy (non-hydrogen) atoms. The normalized spacial score (nSPS) is 12.8. The Labute approximate surface area is 123 Å². The van der Waals surface area contributed by atoms with Crippen molar-refractivity contribution < 1.29 is 9.63 Å². The molecule has 6 heteroatoms. The van der Waals surface area contributed by atoms with Crippen LogP contribution in [0.1, 0.15) is 11.9 Å². The fraction of sp³-hybridized carbons (Fsp3) is 0.143. The number of fused-ring (bicyclic) bond motifs is 1. The van der Waals surface area contributed by atoms with Crippen LogP contribution in [0.5, 0.6) is 0 Å². The van der Waals surface area contributed by atoms with Crippen molar-refractivity contribution in [3.8, 4) is 11.5 Å². The molecular formula is C14H12BrN3O2. The van der Waals surface area contributed by atoms with E-state index in [9.17, 15) is 0 Å². The molecule has 102 valence electrons. The van der Waals surface area contributed by atoms with Crippen molar-refractivity contribution in [3.05, 3.63) is 46.7 Å². The second-order valence-corrected chi connectivity index (χ2v) is 5.37. The monoisotopic (exact) mass is 333 g/mol. The van der Waals surface area contributed by atoms with Crippen LogP contribution in [-0.4, -0.2) is 21.9 Å². The minimum absolute atomic E-state index is 0.218. The van der Waals surface area contributed by atoms with Crippen molar-refractivity contribution in [1.29, 1.82) is 0 Å². The number of nitrogens with two attached hydrogens (primary N) is 1. The molecule has 0 fully saturated rings. The number of benzene rings is 2. The first-order chi connectivity index (χ1) is 9.67. The van der Waals surface area contributed by atoms with E-state index in [1.165, 1.54) is 0 Å². The number of halogens is 1. The molecule has 0 saturated carbocycles. The van der Waals surface area contributed by atoms with Crippen LogP contribution in [0.2, 0.25) is 0 Å². The maximum atomic E-state index is 8.98. The molecule has 0 amide bonds. The third kappa shape index (κ3) is 2.45. The van der Waals surface area contributed by atoms with Gasteiger partial charge in [-0.05, 0) is 35.0 Å². The summed E-state index contributed by atoms with van der Waals surface area (Å²) in [5.74, 6) is 0.701. The van der Waals surface area contributed by atoms with Crippen molar-refractivity contribution in [2.75, 3.05) is 6.61 Å². The van der Waals surface area contributed by atoms with Crippen LogP contribution in [0.4, 0.5) is 0 Å². The van der Waals surface area contributed by atoms with Crippen LogP contribution in [0, 0.1) is 0 Å². The number of hydrogen-bond donors (Lipinski definition) is 2. The predicted molar refractivity (Wildman–Crippen MR) is 79.0 cm³/mol. The molecule has 3 rings (SSSR count). The average Bonchev–Trinajstić information content (AvgIpc) is 2.95.